The van der Waals surface area contributed by atoms with E-state index in [1.54, 1.807) is 4.90 Å². The van der Waals surface area contributed by atoms with Crippen LogP contribution >= 0.6 is 11.6 Å². The summed E-state index contributed by atoms with van der Waals surface area (Å²) in [6.07, 6.45) is 1.67. The van der Waals surface area contributed by atoms with Crippen LogP contribution in [-0.2, 0) is 0 Å². The molecule has 0 saturated carbocycles. The molecule has 0 bridgehead atoms. The molecule has 1 aliphatic heterocycles. The van der Waals surface area contributed by atoms with Crippen LogP contribution in [0, 0.1) is 17.6 Å². The lowest BCUT2D eigenvalue weighted by Gasteiger charge is -2.38. The third kappa shape index (κ3) is 2.94. The van der Waals surface area contributed by atoms with E-state index in [2.05, 4.69) is 6.92 Å². The zero-order valence-electron chi connectivity index (χ0n) is 11.2. The van der Waals surface area contributed by atoms with E-state index >= 15 is 0 Å². The summed E-state index contributed by atoms with van der Waals surface area (Å²) >= 11 is 5.85. The van der Waals surface area contributed by atoms with Gasteiger partial charge in [-0.05, 0) is 30.9 Å². The van der Waals surface area contributed by atoms with Crippen molar-refractivity contribution in [3.05, 3.63) is 34.4 Å². The van der Waals surface area contributed by atoms with E-state index in [0.717, 1.165) is 25.0 Å². The predicted molar refractivity (Wildman–Crippen MR) is 73.6 cm³/mol. The molecule has 1 fully saturated rings. The van der Waals surface area contributed by atoms with Gasteiger partial charge in [0.2, 0.25) is 0 Å². The standard InChI is InChI=1S/C14H17ClF2N2O/c1-8-2-3-19(9(4-8)7-18)14(20)10-5-12(16)13(17)6-11(10)15/h5-6,8-9H,2-4,7,18H2,1H3. The molecule has 6 heteroatoms. The zero-order valence-corrected chi connectivity index (χ0v) is 12.0. The molecule has 0 aromatic heterocycles. The minimum atomic E-state index is -1.08. The third-order valence-electron chi connectivity index (χ3n) is 3.75. The molecule has 2 unspecified atom stereocenters. The highest BCUT2D eigenvalue weighted by molar-refractivity contribution is 6.33. The van der Waals surface area contributed by atoms with Gasteiger partial charge in [0.15, 0.2) is 11.6 Å². The highest BCUT2D eigenvalue weighted by Crippen LogP contribution is 2.27. The van der Waals surface area contributed by atoms with Crippen molar-refractivity contribution in [2.45, 2.75) is 25.8 Å². The van der Waals surface area contributed by atoms with E-state index in [1.807, 2.05) is 0 Å². The first kappa shape index (κ1) is 15.2. The number of piperidine rings is 1. The molecule has 2 atom stereocenters. The molecule has 3 nitrogen and oxygen atoms in total. The first-order chi connectivity index (χ1) is 9.43. The Morgan fingerprint density at radius 2 is 2.10 bits per heavy atom. The van der Waals surface area contributed by atoms with Crippen LogP contribution in [0.15, 0.2) is 12.1 Å². The lowest BCUT2D eigenvalue weighted by Crippen LogP contribution is -2.49. The SMILES string of the molecule is CC1CCN(C(=O)c2cc(F)c(F)cc2Cl)C(CN)C1. The van der Waals surface area contributed by atoms with Crippen LogP contribution in [0.4, 0.5) is 8.78 Å². The van der Waals surface area contributed by atoms with Crippen molar-refractivity contribution in [2.24, 2.45) is 11.7 Å². The molecule has 1 amide bonds. The van der Waals surface area contributed by atoms with E-state index in [9.17, 15) is 13.6 Å². The Kier molecular flexibility index (Phi) is 4.60. The number of likely N-dealkylation sites (tertiary alicyclic amines) is 1. The van der Waals surface area contributed by atoms with Crippen molar-refractivity contribution in [2.75, 3.05) is 13.1 Å². The molecule has 1 saturated heterocycles. The maximum atomic E-state index is 13.3. The average Bonchev–Trinajstić information content (AvgIpc) is 2.42. The van der Waals surface area contributed by atoms with E-state index in [1.165, 1.54) is 0 Å². The van der Waals surface area contributed by atoms with Gasteiger partial charge in [-0.25, -0.2) is 8.78 Å². The molecule has 110 valence electrons. The van der Waals surface area contributed by atoms with E-state index in [0.29, 0.717) is 19.0 Å². The van der Waals surface area contributed by atoms with Crippen LogP contribution in [0.1, 0.15) is 30.1 Å². The summed E-state index contributed by atoms with van der Waals surface area (Å²) in [7, 11) is 0. The Hall–Kier alpha value is -1.20. The Balaban J connectivity index is 2.28. The van der Waals surface area contributed by atoms with Gasteiger partial charge >= 0.3 is 0 Å². The first-order valence-corrected chi connectivity index (χ1v) is 6.97. The lowest BCUT2D eigenvalue weighted by atomic mass is 9.92. The molecule has 0 spiro atoms. The number of nitrogens with two attached hydrogens (primary N) is 1. The molecule has 1 aliphatic rings. The largest absolute Gasteiger partial charge is 0.334 e. The number of hydrogen-bond donors (Lipinski definition) is 1. The normalized spacial score (nSPS) is 22.9. The average molecular weight is 303 g/mol. The van der Waals surface area contributed by atoms with Crippen molar-refractivity contribution in [3.8, 4) is 0 Å². The minimum Gasteiger partial charge on any atom is -0.334 e. The van der Waals surface area contributed by atoms with Crippen LogP contribution in [0.5, 0.6) is 0 Å². The van der Waals surface area contributed by atoms with Crippen molar-refractivity contribution >= 4 is 17.5 Å². The minimum absolute atomic E-state index is 0.0152. The van der Waals surface area contributed by atoms with Crippen LogP contribution in [0.2, 0.25) is 5.02 Å². The second kappa shape index (κ2) is 6.06. The van der Waals surface area contributed by atoms with Gasteiger partial charge in [-0.2, -0.15) is 0 Å². The van der Waals surface area contributed by atoms with Gasteiger partial charge in [0.05, 0.1) is 10.6 Å². The number of nitrogens with zero attached hydrogens (tertiary/aromatic N) is 1. The smallest absolute Gasteiger partial charge is 0.255 e. The van der Waals surface area contributed by atoms with Crippen molar-refractivity contribution < 1.29 is 13.6 Å². The molecule has 1 aromatic carbocycles. The summed E-state index contributed by atoms with van der Waals surface area (Å²) < 4.78 is 26.4. The number of benzene rings is 1. The predicted octanol–water partition coefficient (Wildman–Crippen LogP) is 2.82. The zero-order chi connectivity index (χ0) is 14.9. The monoisotopic (exact) mass is 302 g/mol. The molecule has 20 heavy (non-hydrogen) atoms. The lowest BCUT2D eigenvalue weighted by molar-refractivity contribution is 0.0573. The molecule has 0 radical (unpaired) electrons. The van der Waals surface area contributed by atoms with E-state index < -0.39 is 17.5 Å². The summed E-state index contributed by atoms with van der Waals surface area (Å²) in [6, 6.07) is 1.59. The second-order valence-electron chi connectivity index (χ2n) is 5.26. The van der Waals surface area contributed by atoms with Crippen molar-refractivity contribution in [1.29, 1.82) is 0 Å². The van der Waals surface area contributed by atoms with Gasteiger partial charge < -0.3 is 10.6 Å². The van der Waals surface area contributed by atoms with Crippen LogP contribution < -0.4 is 5.73 Å². The van der Waals surface area contributed by atoms with Gasteiger partial charge in [-0.15, -0.1) is 0 Å². The third-order valence-corrected chi connectivity index (χ3v) is 4.06. The van der Waals surface area contributed by atoms with Crippen LogP contribution in [-0.4, -0.2) is 29.9 Å². The fourth-order valence-corrected chi connectivity index (χ4v) is 2.81. The van der Waals surface area contributed by atoms with Gasteiger partial charge in [0, 0.05) is 19.1 Å². The topological polar surface area (TPSA) is 46.3 Å². The number of rotatable bonds is 2. The Morgan fingerprint density at radius 1 is 1.45 bits per heavy atom. The Labute approximate surface area is 121 Å². The van der Waals surface area contributed by atoms with Gasteiger partial charge in [-0.1, -0.05) is 18.5 Å². The Bertz CT molecular complexity index is 524. The summed E-state index contributed by atoms with van der Waals surface area (Å²) in [5.41, 5.74) is 5.69. The highest BCUT2D eigenvalue weighted by Gasteiger charge is 2.30. The fourth-order valence-electron chi connectivity index (χ4n) is 2.58. The number of halogens is 3. The molecule has 0 aliphatic carbocycles. The summed E-state index contributed by atoms with van der Waals surface area (Å²) in [5.74, 6) is -2.04. The maximum absolute atomic E-state index is 13.3. The van der Waals surface area contributed by atoms with Crippen LogP contribution in [0.3, 0.4) is 0 Å². The molecular formula is C14H17ClF2N2O. The second-order valence-corrected chi connectivity index (χ2v) is 5.67. The number of hydrogen-bond acceptors (Lipinski definition) is 2. The summed E-state index contributed by atoms with van der Waals surface area (Å²) in [5, 5.41) is -0.0803. The van der Waals surface area contributed by atoms with E-state index in [-0.39, 0.29) is 16.6 Å². The Morgan fingerprint density at radius 3 is 2.75 bits per heavy atom. The quantitative estimate of drug-likeness (QED) is 0.854. The van der Waals surface area contributed by atoms with E-state index in [4.69, 9.17) is 17.3 Å². The first-order valence-electron chi connectivity index (χ1n) is 6.59. The molecule has 2 N–H and O–H groups in total. The summed E-state index contributed by atoms with van der Waals surface area (Å²) in [6.45, 7) is 3.00. The maximum Gasteiger partial charge on any atom is 0.255 e. The molecule has 1 aromatic rings. The number of carbonyl (C=O) groups excluding carboxylic acids is 1. The van der Waals surface area contributed by atoms with Gasteiger partial charge in [-0.3, -0.25) is 4.79 Å². The van der Waals surface area contributed by atoms with Crippen molar-refractivity contribution in [1.82, 2.24) is 4.90 Å². The van der Waals surface area contributed by atoms with Crippen molar-refractivity contribution in [3.63, 3.8) is 0 Å². The van der Waals surface area contributed by atoms with Crippen LogP contribution in [0.25, 0.3) is 0 Å². The fraction of sp³-hybridized carbons (Fsp3) is 0.500. The van der Waals surface area contributed by atoms with Gasteiger partial charge in [0.1, 0.15) is 0 Å². The molecular weight excluding hydrogens is 286 g/mol. The molecule has 2 rings (SSSR count). The highest BCUT2D eigenvalue weighted by atomic mass is 35.5. The number of carbonyl (C=O) groups is 1. The number of amides is 1. The van der Waals surface area contributed by atoms with Gasteiger partial charge in [0.25, 0.3) is 5.91 Å². The summed E-state index contributed by atoms with van der Waals surface area (Å²) in [4.78, 5) is 14.1. The molecule has 1 heterocycles.